The smallest absolute Gasteiger partial charge is 0.310 e. The van der Waals surface area contributed by atoms with Crippen LogP contribution in [0.15, 0.2) is 65.1 Å². The van der Waals surface area contributed by atoms with Crippen LogP contribution >= 0.6 is 0 Å². The molecule has 0 aliphatic rings. The molecule has 35 heavy (non-hydrogen) atoms. The lowest BCUT2D eigenvalue weighted by molar-refractivity contribution is -0.142. The summed E-state index contributed by atoms with van der Waals surface area (Å²) in [5.41, 5.74) is 11.7. The van der Waals surface area contributed by atoms with Crippen LogP contribution in [0.3, 0.4) is 0 Å². The molecule has 6 heteroatoms. The van der Waals surface area contributed by atoms with E-state index in [0.717, 1.165) is 51.0 Å². The normalized spacial score (nSPS) is 11.0. The van der Waals surface area contributed by atoms with Crippen LogP contribution in [0.4, 0.5) is 0 Å². The molecule has 3 aromatic carbocycles. The first-order chi connectivity index (χ1) is 17.1. The van der Waals surface area contributed by atoms with E-state index >= 15 is 0 Å². The van der Waals surface area contributed by atoms with Gasteiger partial charge < -0.3 is 24.4 Å². The van der Waals surface area contributed by atoms with Crippen LogP contribution in [0, 0.1) is 0 Å². The number of esters is 1. The quantitative estimate of drug-likeness (QED) is 0.293. The molecule has 0 radical (unpaired) electrons. The molecule has 0 saturated heterocycles. The van der Waals surface area contributed by atoms with E-state index in [1.807, 2.05) is 30.3 Å². The SMILES string of the molecule is CCOC(=O)Cc1ccc(OC)cc1OCc1c(CC)oc2ccc(-c3cccc(CN)c3)cc12. The summed E-state index contributed by atoms with van der Waals surface area (Å²) in [6.07, 6.45) is 0.862. The monoisotopic (exact) mass is 473 g/mol. The number of furan rings is 1. The van der Waals surface area contributed by atoms with Crippen molar-refractivity contribution in [3.8, 4) is 22.6 Å². The second-order valence-corrected chi connectivity index (χ2v) is 8.22. The molecule has 4 rings (SSSR count). The molecule has 0 spiro atoms. The van der Waals surface area contributed by atoms with Gasteiger partial charge in [0, 0.05) is 35.5 Å². The van der Waals surface area contributed by atoms with Gasteiger partial charge in [-0.3, -0.25) is 4.79 Å². The Morgan fingerprint density at radius 3 is 2.57 bits per heavy atom. The summed E-state index contributed by atoms with van der Waals surface area (Å²) in [6, 6.07) is 19.9. The molecule has 0 unspecified atom stereocenters. The summed E-state index contributed by atoms with van der Waals surface area (Å²) in [5, 5.41) is 1.01. The van der Waals surface area contributed by atoms with E-state index < -0.39 is 0 Å². The molecular weight excluding hydrogens is 442 g/mol. The lowest BCUT2D eigenvalue weighted by Crippen LogP contribution is -2.09. The van der Waals surface area contributed by atoms with Gasteiger partial charge in [0.05, 0.1) is 20.1 Å². The van der Waals surface area contributed by atoms with E-state index in [1.165, 1.54) is 0 Å². The van der Waals surface area contributed by atoms with Gasteiger partial charge in [0.1, 0.15) is 29.4 Å². The molecule has 0 saturated carbocycles. The van der Waals surface area contributed by atoms with Crippen molar-refractivity contribution in [3.63, 3.8) is 0 Å². The fourth-order valence-corrected chi connectivity index (χ4v) is 4.16. The number of hydrogen-bond donors (Lipinski definition) is 1. The van der Waals surface area contributed by atoms with Crippen LogP contribution < -0.4 is 15.2 Å². The van der Waals surface area contributed by atoms with Gasteiger partial charge in [-0.15, -0.1) is 0 Å². The largest absolute Gasteiger partial charge is 0.497 e. The highest BCUT2D eigenvalue weighted by molar-refractivity contribution is 5.87. The maximum atomic E-state index is 12.1. The number of benzene rings is 3. The van der Waals surface area contributed by atoms with Crippen LogP contribution in [0.1, 0.15) is 36.3 Å². The van der Waals surface area contributed by atoms with E-state index in [0.29, 0.717) is 31.3 Å². The molecule has 0 bridgehead atoms. The molecular formula is C29H31NO5. The third kappa shape index (κ3) is 5.49. The maximum Gasteiger partial charge on any atom is 0.310 e. The third-order valence-corrected chi connectivity index (χ3v) is 5.98. The van der Waals surface area contributed by atoms with E-state index in [-0.39, 0.29) is 12.4 Å². The number of carbonyl (C=O) groups excluding carboxylic acids is 1. The first-order valence-corrected chi connectivity index (χ1v) is 11.8. The van der Waals surface area contributed by atoms with Crippen LogP contribution in [0.2, 0.25) is 0 Å². The minimum atomic E-state index is -0.296. The number of rotatable bonds is 10. The number of nitrogens with two attached hydrogens (primary N) is 1. The number of fused-ring (bicyclic) bond motifs is 1. The Balaban J connectivity index is 1.68. The first kappa shape index (κ1) is 24.4. The summed E-state index contributed by atoms with van der Waals surface area (Å²) in [6.45, 7) is 4.98. The van der Waals surface area contributed by atoms with E-state index in [4.69, 9.17) is 24.4 Å². The Morgan fingerprint density at radius 1 is 1.00 bits per heavy atom. The summed E-state index contributed by atoms with van der Waals surface area (Å²) in [5.74, 6) is 1.82. The fraction of sp³-hybridized carbons (Fsp3) is 0.276. The van der Waals surface area contributed by atoms with Crippen molar-refractivity contribution in [2.24, 2.45) is 5.73 Å². The molecule has 6 nitrogen and oxygen atoms in total. The molecule has 182 valence electrons. The lowest BCUT2D eigenvalue weighted by atomic mass is 10.00. The highest BCUT2D eigenvalue weighted by Crippen LogP contribution is 2.33. The van der Waals surface area contributed by atoms with Crippen LogP contribution in [-0.4, -0.2) is 19.7 Å². The summed E-state index contributed by atoms with van der Waals surface area (Å²) in [4.78, 5) is 12.1. The third-order valence-electron chi connectivity index (χ3n) is 5.98. The average molecular weight is 474 g/mol. The van der Waals surface area contributed by atoms with Gasteiger partial charge in [-0.1, -0.05) is 37.3 Å². The van der Waals surface area contributed by atoms with Crippen LogP contribution in [-0.2, 0) is 35.5 Å². The molecule has 4 aromatic rings. The van der Waals surface area contributed by atoms with Gasteiger partial charge >= 0.3 is 5.97 Å². The number of methoxy groups -OCH3 is 1. The predicted octanol–water partition coefficient (Wildman–Crippen LogP) is 5.81. The Kier molecular flexibility index (Phi) is 7.73. The Labute approximate surface area is 205 Å². The van der Waals surface area contributed by atoms with Crippen molar-refractivity contribution in [1.82, 2.24) is 0 Å². The standard InChI is InChI=1S/C29H31NO5/c1-4-26-25(18-34-28-16-23(32-3)11-9-22(28)15-29(31)33-5-2)24-14-21(10-12-27(24)35-26)20-8-6-7-19(13-20)17-30/h6-14,16H,4-5,15,17-18,30H2,1-3H3. The second kappa shape index (κ2) is 11.1. The van der Waals surface area contributed by atoms with Crippen molar-refractivity contribution in [3.05, 3.63) is 83.1 Å². The van der Waals surface area contributed by atoms with Crippen molar-refractivity contribution in [2.45, 2.75) is 39.8 Å². The maximum absolute atomic E-state index is 12.1. The summed E-state index contributed by atoms with van der Waals surface area (Å²) >= 11 is 0. The second-order valence-electron chi connectivity index (χ2n) is 8.22. The van der Waals surface area contributed by atoms with E-state index in [9.17, 15) is 4.79 Å². The molecule has 0 aliphatic carbocycles. The van der Waals surface area contributed by atoms with Gasteiger partial charge in [0.15, 0.2) is 0 Å². The van der Waals surface area contributed by atoms with Gasteiger partial charge in [-0.25, -0.2) is 0 Å². The fourth-order valence-electron chi connectivity index (χ4n) is 4.16. The molecule has 0 amide bonds. The molecule has 2 N–H and O–H groups in total. The molecule has 1 heterocycles. The Bertz CT molecular complexity index is 1320. The van der Waals surface area contributed by atoms with E-state index in [1.54, 1.807) is 20.1 Å². The highest BCUT2D eigenvalue weighted by atomic mass is 16.5. The molecule has 1 aromatic heterocycles. The van der Waals surface area contributed by atoms with Crippen molar-refractivity contribution in [1.29, 1.82) is 0 Å². The van der Waals surface area contributed by atoms with Crippen molar-refractivity contribution >= 4 is 16.9 Å². The molecule has 0 atom stereocenters. The number of carbonyl (C=O) groups is 1. The topological polar surface area (TPSA) is 83.9 Å². The average Bonchev–Trinajstić information content (AvgIpc) is 3.25. The van der Waals surface area contributed by atoms with E-state index in [2.05, 4.69) is 31.2 Å². The van der Waals surface area contributed by atoms with Gasteiger partial charge in [0.25, 0.3) is 0 Å². The van der Waals surface area contributed by atoms with Gasteiger partial charge in [-0.2, -0.15) is 0 Å². The minimum absolute atomic E-state index is 0.127. The Morgan fingerprint density at radius 2 is 1.83 bits per heavy atom. The zero-order chi connectivity index (χ0) is 24.8. The van der Waals surface area contributed by atoms with Crippen LogP contribution in [0.25, 0.3) is 22.1 Å². The summed E-state index contributed by atoms with van der Waals surface area (Å²) in [7, 11) is 1.60. The number of ether oxygens (including phenoxy) is 3. The van der Waals surface area contributed by atoms with Crippen molar-refractivity contribution < 1.29 is 23.4 Å². The molecule has 0 aliphatic heterocycles. The Hall–Kier alpha value is -3.77. The van der Waals surface area contributed by atoms with Crippen LogP contribution in [0.5, 0.6) is 11.5 Å². The highest BCUT2D eigenvalue weighted by Gasteiger charge is 2.17. The van der Waals surface area contributed by atoms with Gasteiger partial charge in [0.2, 0.25) is 0 Å². The first-order valence-electron chi connectivity index (χ1n) is 11.8. The summed E-state index contributed by atoms with van der Waals surface area (Å²) < 4.78 is 22.9. The predicted molar refractivity (Wildman–Crippen MR) is 137 cm³/mol. The van der Waals surface area contributed by atoms with Gasteiger partial charge in [-0.05, 0) is 47.9 Å². The van der Waals surface area contributed by atoms with Crippen molar-refractivity contribution in [2.75, 3.05) is 13.7 Å². The number of aryl methyl sites for hydroxylation is 1. The molecule has 0 fully saturated rings. The minimum Gasteiger partial charge on any atom is -0.497 e. The zero-order valence-corrected chi connectivity index (χ0v) is 20.4. The number of hydrogen-bond acceptors (Lipinski definition) is 6. The lowest BCUT2D eigenvalue weighted by Gasteiger charge is -2.13. The zero-order valence-electron chi connectivity index (χ0n) is 20.4.